The van der Waals surface area contributed by atoms with Crippen molar-refractivity contribution in [1.82, 2.24) is 10.3 Å². The summed E-state index contributed by atoms with van der Waals surface area (Å²) in [5.74, 6) is -2.36. The van der Waals surface area contributed by atoms with Crippen molar-refractivity contribution < 1.29 is 33.1 Å². The molecule has 2 aromatic heterocycles. The van der Waals surface area contributed by atoms with Gasteiger partial charge in [-0.25, -0.2) is 9.59 Å². The molecule has 0 unspecified atom stereocenters. The molecule has 0 saturated heterocycles. The highest BCUT2D eigenvalue weighted by Crippen LogP contribution is 2.21. The Balaban J connectivity index is 1.77. The number of aromatic nitrogens is 1. The fourth-order valence-electron chi connectivity index (χ4n) is 3.70. The Morgan fingerprint density at radius 2 is 1.77 bits per heavy atom. The molecule has 184 valence electrons. The van der Waals surface area contributed by atoms with Gasteiger partial charge in [-0.05, 0) is 51.0 Å². The molecule has 2 N–H and O–H groups in total. The predicted octanol–water partition coefficient (Wildman–Crippen LogP) is 3.56. The number of Topliss-reactive ketones (excluding diaryl/α,β-unsaturated/α-hetero) is 1. The Morgan fingerprint density at radius 1 is 1.06 bits per heavy atom. The molecule has 3 aromatic rings. The van der Waals surface area contributed by atoms with Crippen LogP contribution in [-0.4, -0.2) is 47.4 Å². The highest BCUT2D eigenvalue weighted by Gasteiger charge is 2.31. The van der Waals surface area contributed by atoms with E-state index >= 15 is 0 Å². The number of carbonyl (C=O) groups excluding carboxylic acids is 4. The van der Waals surface area contributed by atoms with Crippen molar-refractivity contribution in [1.29, 1.82) is 0 Å². The van der Waals surface area contributed by atoms with Crippen molar-refractivity contribution in [2.75, 3.05) is 6.61 Å². The molecule has 35 heavy (non-hydrogen) atoms. The molecular weight excluding hydrogens is 452 g/mol. The zero-order valence-corrected chi connectivity index (χ0v) is 20.0. The number of aryl methyl sites for hydroxylation is 1. The van der Waals surface area contributed by atoms with Gasteiger partial charge in [0.1, 0.15) is 6.04 Å². The first kappa shape index (κ1) is 25.5. The molecule has 9 heteroatoms. The van der Waals surface area contributed by atoms with Gasteiger partial charge in [0.2, 0.25) is 5.78 Å². The van der Waals surface area contributed by atoms with Gasteiger partial charge in [-0.15, -0.1) is 0 Å². The van der Waals surface area contributed by atoms with Crippen LogP contribution in [0.25, 0.3) is 0 Å². The van der Waals surface area contributed by atoms with E-state index in [1.165, 1.54) is 19.3 Å². The van der Waals surface area contributed by atoms with Crippen LogP contribution in [0, 0.1) is 13.8 Å². The molecule has 0 spiro atoms. The molecule has 2 heterocycles. The number of esters is 2. The molecule has 0 aliphatic carbocycles. The predicted molar refractivity (Wildman–Crippen MR) is 126 cm³/mol. The van der Waals surface area contributed by atoms with Gasteiger partial charge in [-0.3, -0.25) is 9.59 Å². The highest BCUT2D eigenvalue weighted by molar-refractivity contribution is 6.04. The van der Waals surface area contributed by atoms with Crippen LogP contribution in [0.4, 0.5) is 0 Å². The number of rotatable bonds is 10. The third-order valence-corrected chi connectivity index (χ3v) is 5.44. The minimum Gasteiger partial charge on any atom is -0.462 e. The highest BCUT2D eigenvalue weighted by atomic mass is 16.5. The van der Waals surface area contributed by atoms with Gasteiger partial charge >= 0.3 is 11.9 Å². The maximum Gasteiger partial charge on any atom is 0.340 e. The molecule has 0 aliphatic rings. The van der Waals surface area contributed by atoms with Gasteiger partial charge in [0, 0.05) is 12.1 Å². The normalized spacial score (nSPS) is 12.5. The van der Waals surface area contributed by atoms with Crippen molar-refractivity contribution in [2.45, 2.75) is 46.3 Å². The minimum absolute atomic E-state index is 0.0453. The van der Waals surface area contributed by atoms with Crippen molar-refractivity contribution >= 4 is 23.6 Å². The van der Waals surface area contributed by atoms with E-state index in [9.17, 15) is 19.2 Å². The lowest BCUT2D eigenvalue weighted by atomic mass is 10.0. The summed E-state index contributed by atoms with van der Waals surface area (Å²) in [7, 11) is 0. The number of hydrogen-bond acceptors (Lipinski definition) is 7. The standard InChI is InChI=1S/C26H28N2O7/c1-5-33-26(32)21-15(2)22(27-16(21)3)23(29)17(4)35-25(31)19(14-18-10-7-6-8-11-18)28-24(30)20-12-9-13-34-20/h6-13,17,19,27H,5,14H2,1-4H3,(H,28,30)/t17-,19+/m1/s1. The van der Waals surface area contributed by atoms with Crippen LogP contribution < -0.4 is 5.32 Å². The van der Waals surface area contributed by atoms with Gasteiger partial charge in [-0.2, -0.15) is 0 Å². The summed E-state index contributed by atoms with van der Waals surface area (Å²) in [5.41, 5.74) is 2.13. The quantitative estimate of drug-likeness (QED) is 0.335. The first-order chi connectivity index (χ1) is 16.7. The van der Waals surface area contributed by atoms with E-state index in [2.05, 4.69) is 10.3 Å². The number of nitrogens with one attached hydrogen (secondary N) is 2. The Morgan fingerprint density at radius 3 is 2.40 bits per heavy atom. The molecule has 2 atom stereocenters. The lowest BCUT2D eigenvalue weighted by molar-refractivity contribution is -0.148. The number of ether oxygens (including phenoxy) is 2. The third-order valence-electron chi connectivity index (χ3n) is 5.44. The second kappa shape index (κ2) is 11.3. The SMILES string of the molecule is CCOC(=O)c1c(C)[nH]c(C(=O)[C@@H](C)OC(=O)[C@H](Cc2ccccc2)NC(=O)c2ccco2)c1C. The van der Waals surface area contributed by atoms with Gasteiger partial charge in [0.05, 0.1) is 24.1 Å². The monoisotopic (exact) mass is 480 g/mol. The number of aromatic amines is 1. The summed E-state index contributed by atoms with van der Waals surface area (Å²) >= 11 is 0. The summed E-state index contributed by atoms with van der Waals surface area (Å²) in [6, 6.07) is 11.1. The van der Waals surface area contributed by atoms with Crippen LogP contribution in [0.2, 0.25) is 0 Å². The smallest absolute Gasteiger partial charge is 0.340 e. The summed E-state index contributed by atoms with van der Waals surface area (Å²) in [4.78, 5) is 53.8. The van der Waals surface area contributed by atoms with Crippen molar-refractivity contribution in [3.8, 4) is 0 Å². The molecule has 0 saturated carbocycles. The summed E-state index contributed by atoms with van der Waals surface area (Å²) in [6.07, 6.45) is 0.333. The van der Waals surface area contributed by atoms with E-state index in [0.29, 0.717) is 11.3 Å². The van der Waals surface area contributed by atoms with Gasteiger partial charge < -0.3 is 24.2 Å². The number of H-pyrrole nitrogens is 1. The number of hydrogen-bond donors (Lipinski definition) is 2. The maximum absolute atomic E-state index is 13.1. The summed E-state index contributed by atoms with van der Waals surface area (Å²) in [5, 5.41) is 2.62. The molecule has 0 aliphatic heterocycles. The molecule has 1 aromatic carbocycles. The Hall–Kier alpha value is -4.14. The second-order valence-corrected chi connectivity index (χ2v) is 7.98. The summed E-state index contributed by atoms with van der Waals surface area (Å²) < 4.78 is 15.6. The molecule has 0 radical (unpaired) electrons. The average molecular weight is 481 g/mol. The van der Waals surface area contributed by atoms with E-state index in [0.717, 1.165) is 5.56 Å². The van der Waals surface area contributed by atoms with Crippen molar-refractivity contribution in [3.05, 3.63) is 82.6 Å². The topological polar surface area (TPSA) is 128 Å². The number of carbonyl (C=O) groups is 4. The van der Waals surface area contributed by atoms with E-state index in [-0.39, 0.29) is 30.0 Å². The summed E-state index contributed by atoms with van der Waals surface area (Å²) in [6.45, 7) is 6.62. The van der Waals surface area contributed by atoms with Crippen LogP contribution in [0.1, 0.15) is 62.1 Å². The second-order valence-electron chi connectivity index (χ2n) is 7.98. The van der Waals surface area contributed by atoms with Crippen LogP contribution in [0.15, 0.2) is 53.1 Å². The number of benzene rings is 1. The maximum atomic E-state index is 13.1. The zero-order chi connectivity index (χ0) is 25.5. The Kier molecular flexibility index (Phi) is 8.25. The first-order valence-electron chi connectivity index (χ1n) is 11.2. The first-order valence-corrected chi connectivity index (χ1v) is 11.2. The fourth-order valence-corrected chi connectivity index (χ4v) is 3.70. The van der Waals surface area contributed by atoms with Gasteiger partial charge in [0.25, 0.3) is 5.91 Å². The molecule has 9 nitrogen and oxygen atoms in total. The number of amides is 1. The minimum atomic E-state index is -1.17. The van der Waals surface area contributed by atoms with Gasteiger partial charge in [0.15, 0.2) is 11.9 Å². The number of furan rings is 1. The molecule has 1 amide bonds. The molecular formula is C26H28N2O7. The van der Waals surface area contributed by atoms with E-state index in [1.54, 1.807) is 26.8 Å². The molecule has 0 fully saturated rings. The zero-order valence-electron chi connectivity index (χ0n) is 20.0. The third kappa shape index (κ3) is 6.06. The van der Waals surface area contributed by atoms with Crippen LogP contribution in [0.3, 0.4) is 0 Å². The van der Waals surface area contributed by atoms with Crippen LogP contribution in [-0.2, 0) is 20.7 Å². The lowest BCUT2D eigenvalue weighted by Crippen LogP contribution is -2.45. The van der Waals surface area contributed by atoms with Crippen LogP contribution in [0.5, 0.6) is 0 Å². The fraction of sp³-hybridized carbons (Fsp3) is 0.308. The Bertz CT molecular complexity index is 1200. The van der Waals surface area contributed by atoms with Crippen LogP contribution >= 0.6 is 0 Å². The van der Waals surface area contributed by atoms with E-state index in [4.69, 9.17) is 13.9 Å². The van der Waals surface area contributed by atoms with E-state index in [1.807, 2.05) is 30.3 Å². The lowest BCUT2D eigenvalue weighted by Gasteiger charge is -2.20. The van der Waals surface area contributed by atoms with Crippen molar-refractivity contribution in [2.24, 2.45) is 0 Å². The molecule has 3 rings (SSSR count). The van der Waals surface area contributed by atoms with Gasteiger partial charge in [-0.1, -0.05) is 30.3 Å². The molecule has 0 bridgehead atoms. The van der Waals surface area contributed by atoms with Crippen molar-refractivity contribution in [3.63, 3.8) is 0 Å². The average Bonchev–Trinajstić information content (AvgIpc) is 3.47. The Labute approximate surface area is 202 Å². The largest absolute Gasteiger partial charge is 0.462 e. The van der Waals surface area contributed by atoms with E-state index < -0.39 is 35.8 Å². The number of ketones is 1.